The van der Waals surface area contributed by atoms with E-state index in [1.807, 2.05) is 0 Å². The number of carbonyl (C=O) groups excluding carboxylic acids is 1. The van der Waals surface area contributed by atoms with Crippen LogP contribution in [0.25, 0.3) is 32.9 Å². The lowest BCUT2D eigenvalue weighted by Gasteiger charge is -2.13. The van der Waals surface area contributed by atoms with Crippen molar-refractivity contribution in [2.24, 2.45) is 5.73 Å². The number of fused-ring (bicyclic) bond motifs is 3. The molecule has 5 aromatic rings. The third-order valence-electron chi connectivity index (χ3n) is 6.02. The van der Waals surface area contributed by atoms with E-state index in [1.54, 1.807) is 42.5 Å². The quantitative estimate of drug-likeness (QED) is 0.144. The normalized spacial score (nSPS) is 11.5. The molecule has 0 unspecified atom stereocenters. The van der Waals surface area contributed by atoms with Crippen LogP contribution in [0.4, 0.5) is 22.0 Å². The van der Waals surface area contributed by atoms with Crippen molar-refractivity contribution >= 4 is 50.9 Å². The minimum atomic E-state index is -2.25. The zero-order valence-corrected chi connectivity index (χ0v) is 19.5. The lowest BCUT2D eigenvalue weighted by atomic mass is 10.0. The molecule has 182 valence electrons. The molecule has 4 aromatic carbocycles. The van der Waals surface area contributed by atoms with Gasteiger partial charge in [-0.3, -0.25) is 4.79 Å². The molecule has 0 radical (unpaired) electrons. The lowest BCUT2D eigenvalue weighted by molar-refractivity contribution is 0.100. The van der Waals surface area contributed by atoms with Crippen LogP contribution in [0.2, 0.25) is 10.0 Å². The van der Waals surface area contributed by atoms with Crippen molar-refractivity contribution < 1.29 is 26.7 Å². The number of benzene rings is 4. The van der Waals surface area contributed by atoms with Crippen molar-refractivity contribution in [3.8, 4) is 11.1 Å². The van der Waals surface area contributed by atoms with Gasteiger partial charge in [-0.05, 0) is 35.9 Å². The molecule has 0 aliphatic carbocycles. The number of hydrogen-bond acceptors (Lipinski definition) is 1. The maximum absolute atomic E-state index is 14.6. The van der Waals surface area contributed by atoms with E-state index >= 15 is 0 Å². The summed E-state index contributed by atoms with van der Waals surface area (Å²) in [6, 6.07) is 14.4. The van der Waals surface area contributed by atoms with E-state index in [4.69, 9.17) is 28.9 Å². The van der Waals surface area contributed by atoms with E-state index in [-0.39, 0.29) is 5.56 Å². The molecule has 0 saturated carbocycles. The van der Waals surface area contributed by atoms with Gasteiger partial charge in [0.05, 0.1) is 17.6 Å². The summed E-state index contributed by atoms with van der Waals surface area (Å²) in [6.45, 7) is -0.728. The number of halogens is 7. The molecule has 1 heterocycles. The van der Waals surface area contributed by atoms with Crippen LogP contribution in [0.15, 0.2) is 54.6 Å². The van der Waals surface area contributed by atoms with E-state index in [2.05, 4.69) is 0 Å². The van der Waals surface area contributed by atoms with Gasteiger partial charge in [-0.25, -0.2) is 22.0 Å². The predicted octanol–water partition coefficient (Wildman–Crippen LogP) is 7.61. The smallest absolute Gasteiger partial charge is 0.249 e. The molecule has 36 heavy (non-hydrogen) atoms. The van der Waals surface area contributed by atoms with Gasteiger partial charge < -0.3 is 10.3 Å². The molecular formula is C26H13Cl2F5N2O. The molecular weight excluding hydrogens is 522 g/mol. The van der Waals surface area contributed by atoms with E-state index in [0.717, 1.165) is 0 Å². The maximum Gasteiger partial charge on any atom is 0.249 e. The van der Waals surface area contributed by atoms with Crippen molar-refractivity contribution in [2.45, 2.75) is 6.54 Å². The van der Waals surface area contributed by atoms with Crippen LogP contribution in [-0.4, -0.2) is 10.5 Å². The van der Waals surface area contributed by atoms with Crippen molar-refractivity contribution in [1.82, 2.24) is 4.57 Å². The number of nitrogens with zero attached hydrogens (tertiary/aromatic N) is 1. The van der Waals surface area contributed by atoms with E-state index in [9.17, 15) is 26.7 Å². The molecule has 0 saturated heterocycles. The van der Waals surface area contributed by atoms with E-state index < -0.39 is 47.1 Å². The highest BCUT2D eigenvalue weighted by molar-refractivity contribution is 6.39. The van der Waals surface area contributed by atoms with Gasteiger partial charge in [0, 0.05) is 37.5 Å². The van der Waals surface area contributed by atoms with Gasteiger partial charge in [0.15, 0.2) is 23.3 Å². The molecule has 2 N–H and O–H groups in total. The second-order valence-electron chi connectivity index (χ2n) is 8.03. The molecule has 1 aromatic heterocycles. The summed E-state index contributed by atoms with van der Waals surface area (Å²) in [7, 11) is 0. The highest BCUT2D eigenvalue weighted by atomic mass is 35.5. The van der Waals surface area contributed by atoms with Crippen LogP contribution in [0.3, 0.4) is 0 Å². The SMILES string of the molecule is NC(=O)c1cccc2c1c1ccc(-c3c(Cl)cccc3Cl)cc1n2Cc1c(F)c(F)c(F)c(F)c1F. The zero-order chi connectivity index (χ0) is 25.9. The summed E-state index contributed by atoms with van der Waals surface area (Å²) in [5.41, 5.74) is 6.28. The van der Waals surface area contributed by atoms with E-state index in [1.165, 1.54) is 16.7 Å². The first-order valence-corrected chi connectivity index (χ1v) is 11.2. The second-order valence-corrected chi connectivity index (χ2v) is 8.84. The van der Waals surface area contributed by atoms with Gasteiger partial charge in [-0.15, -0.1) is 0 Å². The molecule has 0 aliphatic rings. The Hall–Kier alpha value is -3.62. The molecule has 0 bridgehead atoms. The fourth-order valence-electron chi connectivity index (χ4n) is 4.40. The Labute approximate surface area is 210 Å². The van der Waals surface area contributed by atoms with Gasteiger partial charge >= 0.3 is 0 Å². The van der Waals surface area contributed by atoms with Crippen LogP contribution in [0.1, 0.15) is 15.9 Å². The number of rotatable bonds is 4. The van der Waals surface area contributed by atoms with Crippen molar-refractivity contribution in [2.75, 3.05) is 0 Å². The van der Waals surface area contributed by atoms with Gasteiger partial charge in [-0.2, -0.15) is 0 Å². The Bertz CT molecular complexity index is 1680. The minimum absolute atomic E-state index is 0.122. The van der Waals surface area contributed by atoms with Crippen LogP contribution in [0, 0.1) is 29.1 Å². The molecule has 0 spiro atoms. The van der Waals surface area contributed by atoms with Crippen LogP contribution < -0.4 is 5.73 Å². The number of aromatic nitrogens is 1. The third kappa shape index (κ3) is 3.60. The number of carbonyl (C=O) groups is 1. The molecule has 0 aliphatic heterocycles. The Morgan fingerprint density at radius 1 is 0.778 bits per heavy atom. The fourth-order valence-corrected chi connectivity index (χ4v) is 5.01. The maximum atomic E-state index is 14.6. The third-order valence-corrected chi connectivity index (χ3v) is 6.65. The van der Waals surface area contributed by atoms with Gasteiger partial charge in [0.25, 0.3) is 0 Å². The topological polar surface area (TPSA) is 48.0 Å². The zero-order valence-electron chi connectivity index (χ0n) is 18.0. The molecule has 10 heteroatoms. The second kappa shape index (κ2) is 8.80. The number of hydrogen-bond donors (Lipinski definition) is 1. The highest BCUT2D eigenvalue weighted by Gasteiger charge is 2.27. The highest BCUT2D eigenvalue weighted by Crippen LogP contribution is 2.39. The molecule has 5 rings (SSSR count). The number of amides is 1. The molecule has 0 fully saturated rings. The average molecular weight is 535 g/mol. The van der Waals surface area contributed by atoms with Crippen molar-refractivity contribution in [3.05, 3.63) is 105 Å². The number of primary amides is 1. The van der Waals surface area contributed by atoms with Gasteiger partial charge in [0.1, 0.15) is 0 Å². The first kappa shape index (κ1) is 24.1. The Morgan fingerprint density at radius 2 is 1.36 bits per heavy atom. The first-order valence-electron chi connectivity index (χ1n) is 10.4. The summed E-state index contributed by atoms with van der Waals surface area (Å²) in [5, 5.41) is 1.50. The van der Waals surface area contributed by atoms with Crippen molar-refractivity contribution in [1.29, 1.82) is 0 Å². The molecule has 0 atom stereocenters. The summed E-state index contributed by atoms with van der Waals surface area (Å²) in [6.07, 6.45) is 0. The van der Waals surface area contributed by atoms with E-state index in [0.29, 0.717) is 43.0 Å². The van der Waals surface area contributed by atoms with Crippen LogP contribution in [0.5, 0.6) is 0 Å². The Kier molecular flexibility index (Phi) is 5.89. The standard InChI is InChI=1S/C26H13Cl2F5N2O/c27-15-4-2-5-16(28)19(15)11-7-8-12-18(9-11)35(17-6-1-3-13(20(12)17)26(34)36)10-14-21(29)23(31)25(33)24(32)22(14)30/h1-9H,10H2,(H2,34,36). The number of nitrogens with two attached hydrogens (primary N) is 1. The predicted molar refractivity (Wildman–Crippen MR) is 129 cm³/mol. The first-order chi connectivity index (χ1) is 17.1. The Morgan fingerprint density at radius 3 is 1.97 bits per heavy atom. The minimum Gasteiger partial charge on any atom is -0.366 e. The lowest BCUT2D eigenvalue weighted by Crippen LogP contribution is -2.12. The van der Waals surface area contributed by atoms with Crippen LogP contribution >= 0.6 is 23.2 Å². The average Bonchev–Trinajstić information content (AvgIpc) is 3.17. The summed E-state index contributed by atoms with van der Waals surface area (Å²) in [4.78, 5) is 12.2. The Balaban J connectivity index is 1.87. The summed E-state index contributed by atoms with van der Waals surface area (Å²) < 4.78 is 72.1. The summed E-state index contributed by atoms with van der Waals surface area (Å²) in [5.74, 6) is -11.0. The molecule has 3 nitrogen and oxygen atoms in total. The summed E-state index contributed by atoms with van der Waals surface area (Å²) >= 11 is 12.7. The largest absolute Gasteiger partial charge is 0.366 e. The fraction of sp³-hybridized carbons (Fsp3) is 0.0385. The molecule has 1 amide bonds. The van der Waals surface area contributed by atoms with Gasteiger partial charge in [-0.1, -0.05) is 47.5 Å². The van der Waals surface area contributed by atoms with Crippen molar-refractivity contribution in [3.63, 3.8) is 0 Å². The van der Waals surface area contributed by atoms with Crippen LogP contribution in [-0.2, 0) is 6.54 Å². The van der Waals surface area contributed by atoms with Gasteiger partial charge in [0.2, 0.25) is 11.7 Å². The monoisotopic (exact) mass is 534 g/mol.